The van der Waals surface area contributed by atoms with E-state index >= 15 is 0 Å². The Kier molecular flexibility index (Phi) is 3.97. The van der Waals surface area contributed by atoms with Crippen LogP contribution in [0.1, 0.15) is 24.2 Å². The first kappa shape index (κ1) is 16.8. The van der Waals surface area contributed by atoms with Crippen LogP contribution in [0.4, 0.5) is 0 Å². The van der Waals surface area contributed by atoms with E-state index in [0.717, 1.165) is 5.69 Å². The smallest absolute Gasteiger partial charge is 0.246 e. The number of hydrogen-bond donors (Lipinski definition) is 1. The van der Waals surface area contributed by atoms with Crippen LogP contribution in [0.5, 0.6) is 0 Å². The van der Waals surface area contributed by atoms with E-state index in [-0.39, 0.29) is 6.04 Å². The molecule has 2 atom stereocenters. The third-order valence-electron chi connectivity index (χ3n) is 5.43. The SMILES string of the molecule is Cc1nn(-c2ccccc2)c(C)c1S(=O)(=O)N1C[C@H](C2CC2)[C@@H](N)C1. The molecule has 0 radical (unpaired) electrons. The number of aromatic nitrogens is 2. The van der Waals surface area contributed by atoms with Gasteiger partial charge in [-0.1, -0.05) is 18.2 Å². The van der Waals surface area contributed by atoms with Crippen LogP contribution < -0.4 is 5.73 Å². The molecular formula is C18H24N4O2S. The van der Waals surface area contributed by atoms with Crippen LogP contribution in [0.15, 0.2) is 35.2 Å². The molecule has 0 unspecified atom stereocenters. The predicted octanol–water partition coefficient (Wildman–Crippen LogP) is 1.85. The summed E-state index contributed by atoms with van der Waals surface area (Å²) >= 11 is 0. The Morgan fingerprint density at radius 1 is 1.12 bits per heavy atom. The third-order valence-corrected chi connectivity index (χ3v) is 7.51. The van der Waals surface area contributed by atoms with Crippen molar-refractivity contribution in [1.29, 1.82) is 0 Å². The number of nitrogens with zero attached hydrogens (tertiary/aromatic N) is 3. The van der Waals surface area contributed by atoms with Gasteiger partial charge in [0.05, 0.1) is 17.1 Å². The first-order valence-electron chi connectivity index (χ1n) is 8.77. The summed E-state index contributed by atoms with van der Waals surface area (Å²) in [7, 11) is -3.59. The van der Waals surface area contributed by atoms with E-state index in [1.54, 1.807) is 15.9 Å². The van der Waals surface area contributed by atoms with Crippen molar-refractivity contribution in [3.05, 3.63) is 41.7 Å². The fraction of sp³-hybridized carbons (Fsp3) is 0.500. The highest BCUT2D eigenvalue weighted by atomic mass is 32.2. The molecule has 1 aromatic carbocycles. The average Bonchev–Trinajstić information content (AvgIpc) is 3.27. The maximum Gasteiger partial charge on any atom is 0.246 e. The number of rotatable bonds is 4. The van der Waals surface area contributed by atoms with E-state index in [9.17, 15) is 8.42 Å². The molecule has 2 fully saturated rings. The highest BCUT2D eigenvalue weighted by Gasteiger charge is 2.45. The van der Waals surface area contributed by atoms with E-state index in [0.29, 0.717) is 41.2 Å². The topological polar surface area (TPSA) is 81.2 Å². The molecule has 134 valence electrons. The van der Waals surface area contributed by atoms with Gasteiger partial charge in [-0.3, -0.25) is 0 Å². The Labute approximate surface area is 148 Å². The Balaban J connectivity index is 1.70. The maximum atomic E-state index is 13.3. The first-order chi connectivity index (χ1) is 11.9. The van der Waals surface area contributed by atoms with Gasteiger partial charge in [0.15, 0.2) is 0 Å². The third kappa shape index (κ3) is 2.80. The lowest BCUT2D eigenvalue weighted by Crippen LogP contribution is -2.33. The summed E-state index contributed by atoms with van der Waals surface area (Å²) in [5.74, 6) is 0.893. The zero-order chi connectivity index (χ0) is 17.8. The molecule has 25 heavy (non-hydrogen) atoms. The van der Waals surface area contributed by atoms with Crippen LogP contribution in [-0.4, -0.2) is 41.6 Å². The summed E-state index contributed by atoms with van der Waals surface area (Å²) in [4.78, 5) is 0.319. The van der Waals surface area contributed by atoms with Crippen molar-refractivity contribution in [2.75, 3.05) is 13.1 Å². The second-order valence-electron chi connectivity index (χ2n) is 7.23. The number of hydrogen-bond acceptors (Lipinski definition) is 4. The Hall–Kier alpha value is -1.70. The fourth-order valence-corrected chi connectivity index (χ4v) is 5.86. The van der Waals surface area contributed by atoms with Crippen molar-refractivity contribution < 1.29 is 8.42 Å². The molecule has 4 rings (SSSR count). The van der Waals surface area contributed by atoms with Gasteiger partial charge < -0.3 is 5.73 Å². The van der Waals surface area contributed by atoms with Crippen molar-refractivity contribution in [1.82, 2.24) is 14.1 Å². The molecule has 0 amide bonds. The lowest BCUT2D eigenvalue weighted by atomic mass is 9.99. The summed E-state index contributed by atoms with van der Waals surface area (Å²) in [6.07, 6.45) is 2.35. The fourth-order valence-electron chi connectivity index (χ4n) is 3.99. The number of aryl methyl sites for hydroxylation is 1. The Bertz CT molecular complexity index is 887. The molecule has 1 aromatic heterocycles. The molecule has 2 heterocycles. The Morgan fingerprint density at radius 2 is 1.80 bits per heavy atom. The summed E-state index contributed by atoms with van der Waals surface area (Å²) in [6, 6.07) is 9.54. The van der Waals surface area contributed by atoms with E-state index in [1.165, 1.54) is 12.8 Å². The normalized spacial score (nSPS) is 24.8. The number of benzene rings is 1. The van der Waals surface area contributed by atoms with Crippen LogP contribution in [0.25, 0.3) is 5.69 Å². The molecule has 2 aromatic rings. The highest BCUT2D eigenvalue weighted by molar-refractivity contribution is 7.89. The summed E-state index contributed by atoms with van der Waals surface area (Å²) in [6.45, 7) is 4.50. The number of sulfonamides is 1. The highest BCUT2D eigenvalue weighted by Crippen LogP contribution is 2.42. The van der Waals surface area contributed by atoms with Crippen LogP contribution in [0.2, 0.25) is 0 Å². The molecule has 1 saturated carbocycles. The van der Waals surface area contributed by atoms with Crippen molar-refractivity contribution in [3.8, 4) is 5.69 Å². The van der Waals surface area contributed by atoms with Gasteiger partial charge in [-0.15, -0.1) is 0 Å². The van der Waals surface area contributed by atoms with Crippen molar-refractivity contribution in [2.24, 2.45) is 17.6 Å². The average molecular weight is 360 g/mol. The lowest BCUT2D eigenvalue weighted by Gasteiger charge is -2.16. The lowest BCUT2D eigenvalue weighted by molar-refractivity contribution is 0.427. The summed E-state index contributed by atoms with van der Waals surface area (Å²) in [5, 5.41) is 4.48. The van der Waals surface area contributed by atoms with Gasteiger partial charge in [-0.25, -0.2) is 13.1 Å². The van der Waals surface area contributed by atoms with Crippen molar-refractivity contribution in [2.45, 2.75) is 37.6 Å². The van der Waals surface area contributed by atoms with Gasteiger partial charge in [0.1, 0.15) is 4.90 Å². The molecule has 2 aliphatic rings. The monoisotopic (exact) mass is 360 g/mol. The summed E-state index contributed by atoms with van der Waals surface area (Å²) < 4.78 is 29.8. The molecule has 1 saturated heterocycles. The maximum absolute atomic E-state index is 13.3. The molecular weight excluding hydrogens is 336 g/mol. The molecule has 1 aliphatic carbocycles. The zero-order valence-electron chi connectivity index (χ0n) is 14.6. The summed E-state index contributed by atoms with van der Waals surface area (Å²) in [5.41, 5.74) is 8.27. The van der Waals surface area contributed by atoms with Crippen LogP contribution in [-0.2, 0) is 10.0 Å². The largest absolute Gasteiger partial charge is 0.326 e. The van der Waals surface area contributed by atoms with Gasteiger partial charge in [0, 0.05) is 19.1 Å². The van der Waals surface area contributed by atoms with Crippen LogP contribution in [0, 0.1) is 25.7 Å². The van der Waals surface area contributed by atoms with E-state index in [1.807, 2.05) is 37.3 Å². The van der Waals surface area contributed by atoms with Crippen molar-refractivity contribution >= 4 is 10.0 Å². The van der Waals surface area contributed by atoms with Gasteiger partial charge >= 0.3 is 0 Å². The van der Waals surface area contributed by atoms with E-state index < -0.39 is 10.0 Å². The molecule has 2 N–H and O–H groups in total. The second-order valence-corrected chi connectivity index (χ2v) is 9.11. The van der Waals surface area contributed by atoms with Gasteiger partial charge in [-0.2, -0.15) is 9.40 Å². The quantitative estimate of drug-likeness (QED) is 0.902. The second kappa shape index (κ2) is 5.93. The number of para-hydroxylation sites is 1. The zero-order valence-corrected chi connectivity index (χ0v) is 15.4. The molecule has 0 spiro atoms. The van der Waals surface area contributed by atoms with E-state index in [4.69, 9.17) is 5.73 Å². The van der Waals surface area contributed by atoms with Crippen LogP contribution in [0.3, 0.4) is 0 Å². The van der Waals surface area contributed by atoms with Gasteiger partial charge in [0.2, 0.25) is 10.0 Å². The molecule has 0 bridgehead atoms. The minimum absolute atomic E-state index is 0.0629. The predicted molar refractivity (Wildman–Crippen MR) is 96.0 cm³/mol. The minimum Gasteiger partial charge on any atom is -0.326 e. The number of nitrogens with two attached hydrogens (primary N) is 1. The molecule has 1 aliphatic heterocycles. The van der Waals surface area contributed by atoms with E-state index in [2.05, 4.69) is 5.10 Å². The molecule has 6 nitrogen and oxygen atoms in total. The van der Waals surface area contributed by atoms with Crippen LogP contribution >= 0.6 is 0 Å². The molecule has 7 heteroatoms. The van der Waals surface area contributed by atoms with Gasteiger partial charge in [0.25, 0.3) is 0 Å². The standard InChI is InChI=1S/C18H24N4O2S/c1-12-18(13(2)22(20-12)15-6-4-3-5-7-15)25(23,24)21-10-16(14-8-9-14)17(19)11-21/h3-7,14,16-17H,8-11,19H2,1-2H3/t16-,17+/m1/s1. The van der Waals surface area contributed by atoms with Gasteiger partial charge in [-0.05, 0) is 50.7 Å². The van der Waals surface area contributed by atoms with Crippen molar-refractivity contribution in [3.63, 3.8) is 0 Å². The minimum atomic E-state index is -3.59. The Morgan fingerprint density at radius 3 is 2.44 bits per heavy atom. The first-order valence-corrected chi connectivity index (χ1v) is 10.2.